The predicted octanol–water partition coefficient (Wildman–Crippen LogP) is 2.69. The lowest BCUT2D eigenvalue weighted by molar-refractivity contribution is 0.584. The fourth-order valence-corrected chi connectivity index (χ4v) is 1.77. The fraction of sp³-hybridized carbons (Fsp3) is 0.600. The zero-order chi connectivity index (χ0) is 14.4. The summed E-state index contributed by atoms with van der Waals surface area (Å²) in [5.41, 5.74) is 3.32. The molecule has 0 aromatic carbocycles. The molecule has 0 bridgehead atoms. The van der Waals surface area contributed by atoms with Crippen molar-refractivity contribution in [2.75, 3.05) is 18.0 Å². The van der Waals surface area contributed by atoms with Crippen molar-refractivity contribution in [2.45, 2.75) is 47.2 Å². The van der Waals surface area contributed by atoms with E-state index in [0.717, 1.165) is 42.4 Å². The van der Waals surface area contributed by atoms with Gasteiger partial charge in [0, 0.05) is 43.1 Å². The molecule has 0 aliphatic rings. The molecule has 0 atom stereocenters. The first-order chi connectivity index (χ1) is 8.93. The molecule has 0 unspecified atom stereocenters. The summed E-state index contributed by atoms with van der Waals surface area (Å²) < 4.78 is 0. The van der Waals surface area contributed by atoms with Crippen LogP contribution in [0.3, 0.4) is 0 Å². The number of rotatable bonds is 7. The second-order valence-corrected chi connectivity index (χ2v) is 5.29. The maximum absolute atomic E-state index is 4.61. The molecule has 0 saturated heterocycles. The first kappa shape index (κ1) is 15.6. The lowest BCUT2D eigenvalue weighted by atomic mass is 10.2. The number of aryl methyl sites for hydroxylation is 1. The Balaban J connectivity index is 2.82. The van der Waals surface area contributed by atoms with Crippen LogP contribution in [0.2, 0.25) is 0 Å². The van der Waals surface area contributed by atoms with E-state index >= 15 is 0 Å². The van der Waals surface area contributed by atoms with E-state index in [2.05, 4.69) is 47.5 Å². The number of anilines is 1. The van der Waals surface area contributed by atoms with E-state index in [0.29, 0.717) is 6.04 Å². The van der Waals surface area contributed by atoms with Gasteiger partial charge in [-0.1, -0.05) is 26.0 Å². The minimum Gasteiger partial charge on any atom is -0.337 e. The van der Waals surface area contributed by atoms with Gasteiger partial charge in [-0.15, -0.1) is 0 Å². The summed E-state index contributed by atoms with van der Waals surface area (Å²) in [6, 6.07) is 0.467. The first-order valence-corrected chi connectivity index (χ1v) is 6.89. The van der Waals surface area contributed by atoms with E-state index in [4.69, 9.17) is 0 Å². The number of likely N-dealkylation sites (N-methyl/N-ethyl adjacent to an activating group) is 1. The standard InChI is InChI=1S/C15H26N4/c1-7-19(10-11(2)3)15-17-9-14(13(6)18-15)8-16-12(4)5/h9,12,16H,2,7-8,10H2,1,3-6H3. The number of aromatic nitrogens is 2. The van der Waals surface area contributed by atoms with Crippen molar-refractivity contribution in [3.63, 3.8) is 0 Å². The smallest absolute Gasteiger partial charge is 0.225 e. The molecule has 0 amide bonds. The molecule has 1 N–H and O–H groups in total. The van der Waals surface area contributed by atoms with Gasteiger partial charge in [0.2, 0.25) is 5.95 Å². The average molecular weight is 262 g/mol. The van der Waals surface area contributed by atoms with Gasteiger partial charge >= 0.3 is 0 Å². The second-order valence-electron chi connectivity index (χ2n) is 5.29. The molecule has 1 aromatic rings. The Morgan fingerprint density at radius 2 is 2.16 bits per heavy atom. The number of nitrogens with one attached hydrogen (secondary N) is 1. The Morgan fingerprint density at radius 3 is 2.63 bits per heavy atom. The molecule has 0 aliphatic carbocycles. The minimum absolute atomic E-state index is 0.467. The Labute approximate surface area is 117 Å². The second kappa shape index (κ2) is 7.24. The number of hydrogen-bond acceptors (Lipinski definition) is 4. The molecule has 1 aromatic heterocycles. The van der Waals surface area contributed by atoms with Crippen molar-refractivity contribution in [3.05, 3.63) is 29.6 Å². The van der Waals surface area contributed by atoms with Gasteiger partial charge in [-0.3, -0.25) is 0 Å². The topological polar surface area (TPSA) is 41.1 Å². The van der Waals surface area contributed by atoms with Gasteiger partial charge in [-0.2, -0.15) is 0 Å². The molecule has 0 saturated carbocycles. The van der Waals surface area contributed by atoms with E-state index in [1.165, 1.54) is 0 Å². The van der Waals surface area contributed by atoms with Crippen molar-refractivity contribution in [1.82, 2.24) is 15.3 Å². The molecule has 0 fully saturated rings. The van der Waals surface area contributed by atoms with Crippen molar-refractivity contribution >= 4 is 5.95 Å². The van der Waals surface area contributed by atoms with Gasteiger partial charge in [0.1, 0.15) is 0 Å². The number of hydrogen-bond donors (Lipinski definition) is 1. The monoisotopic (exact) mass is 262 g/mol. The van der Waals surface area contributed by atoms with Crippen molar-refractivity contribution in [2.24, 2.45) is 0 Å². The molecule has 0 aliphatic heterocycles. The highest BCUT2D eigenvalue weighted by Crippen LogP contribution is 2.12. The predicted molar refractivity (Wildman–Crippen MR) is 81.4 cm³/mol. The molecule has 1 rings (SSSR count). The molecule has 19 heavy (non-hydrogen) atoms. The Morgan fingerprint density at radius 1 is 1.47 bits per heavy atom. The van der Waals surface area contributed by atoms with E-state index < -0.39 is 0 Å². The largest absolute Gasteiger partial charge is 0.337 e. The zero-order valence-corrected chi connectivity index (χ0v) is 12.8. The van der Waals surface area contributed by atoms with Crippen LogP contribution in [0.25, 0.3) is 0 Å². The van der Waals surface area contributed by atoms with Crippen molar-refractivity contribution < 1.29 is 0 Å². The minimum atomic E-state index is 0.467. The average Bonchev–Trinajstić information content (AvgIpc) is 2.34. The van der Waals surface area contributed by atoms with Gasteiger partial charge < -0.3 is 10.2 Å². The summed E-state index contributed by atoms with van der Waals surface area (Å²) >= 11 is 0. The van der Waals surface area contributed by atoms with Crippen LogP contribution >= 0.6 is 0 Å². The highest BCUT2D eigenvalue weighted by Gasteiger charge is 2.10. The summed E-state index contributed by atoms with van der Waals surface area (Å²) in [6.07, 6.45) is 1.92. The molecular weight excluding hydrogens is 236 g/mol. The van der Waals surface area contributed by atoms with E-state index in [9.17, 15) is 0 Å². The quantitative estimate of drug-likeness (QED) is 0.767. The maximum atomic E-state index is 4.61. The third-order valence-corrected chi connectivity index (χ3v) is 2.89. The molecular formula is C15H26N4. The molecule has 0 spiro atoms. The third kappa shape index (κ3) is 4.99. The Kier molecular flexibility index (Phi) is 5.96. The summed E-state index contributed by atoms with van der Waals surface area (Å²) in [7, 11) is 0. The maximum Gasteiger partial charge on any atom is 0.225 e. The van der Waals surface area contributed by atoms with Crippen molar-refractivity contribution in [1.29, 1.82) is 0 Å². The normalized spacial score (nSPS) is 10.8. The molecule has 4 heteroatoms. The highest BCUT2D eigenvalue weighted by molar-refractivity contribution is 5.34. The van der Waals surface area contributed by atoms with Crippen LogP contribution in [-0.4, -0.2) is 29.1 Å². The highest BCUT2D eigenvalue weighted by atomic mass is 15.2. The molecule has 0 radical (unpaired) electrons. The lowest BCUT2D eigenvalue weighted by Gasteiger charge is -2.21. The summed E-state index contributed by atoms with van der Waals surface area (Å²) in [4.78, 5) is 11.2. The van der Waals surface area contributed by atoms with Gasteiger partial charge in [0.05, 0.1) is 0 Å². The van der Waals surface area contributed by atoms with Gasteiger partial charge in [-0.25, -0.2) is 9.97 Å². The van der Waals surface area contributed by atoms with E-state index in [-0.39, 0.29) is 0 Å². The van der Waals surface area contributed by atoms with Crippen LogP contribution in [0.4, 0.5) is 5.95 Å². The summed E-state index contributed by atoms with van der Waals surface area (Å²) in [6.45, 7) is 16.9. The van der Waals surface area contributed by atoms with E-state index in [1.54, 1.807) is 0 Å². The van der Waals surface area contributed by atoms with Gasteiger partial charge in [0.15, 0.2) is 0 Å². The molecule has 106 valence electrons. The Hall–Kier alpha value is -1.42. The van der Waals surface area contributed by atoms with Crippen LogP contribution in [-0.2, 0) is 6.54 Å². The zero-order valence-electron chi connectivity index (χ0n) is 12.8. The first-order valence-electron chi connectivity index (χ1n) is 6.89. The molecule has 4 nitrogen and oxygen atoms in total. The fourth-order valence-electron chi connectivity index (χ4n) is 1.77. The van der Waals surface area contributed by atoms with E-state index in [1.807, 2.05) is 20.0 Å². The van der Waals surface area contributed by atoms with Crippen LogP contribution < -0.4 is 10.2 Å². The van der Waals surface area contributed by atoms with Crippen LogP contribution in [0, 0.1) is 6.92 Å². The van der Waals surface area contributed by atoms with Crippen LogP contribution in [0.1, 0.15) is 39.0 Å². The van der Waals surface area contributed by atoms with Crippen molar-refractivity contribution in [3.8, 4) is 0 Å². The SMILES string of the molecule is C=C(C)CN(CC)c1ncc(CNC(C)C)c(C)n1. The third-order valence-electron chi connectivity index (χ3n) is 2.89. The summed E-state index contributed by atoms with van der Waals surface area (Å²) in [5.74, 6) is 0.788. The number of nitrogens with zero attached hydrogens (tertiary/aromatic N) is 3. The van der Waals surface area contributed by atoms with Crippen LogP contribution in [0.15, 0.2) is 18.3 Å². The molecule has 1 heterocycles. The van der Waals surface area contributed by atoms with Gasteiger partial charge in [0.25, 0.3) is 0 Å². The van der Waals surface area contributed by atoms with Crippen LogP contribution in [0.5, 0.6) is 0 Å². The lowest BCUT2D eigenvalue weighted by Crippen LogP contribution is -2.27. The Bertz CT molecular complexity index is 426. The summed E-state index contributed by atoms with van der Waals surface area (Å²) in [5, 5.41) is 3.39. The van der Waals surface area contributed by atoms with Gasteiger partial charge in [-0.05, 0) is 20.8 Å².